The Balaban J connectivity index is 2.59. The number of nitrogens with one attached hydrogen (secondary N) is 2. The van der Waals surface area contributed by atoms with Crippen LogP contribution in [0, 0.1) is 0 Å². The summed E-state index contributed by atoms with van der Waals surface area (Å²) >= 11 is 5.87. The molecule has 0 aromatic heterocycles. The predicted octanol–water partition coefficient (Wildman–Crippen LogP) is 1.80. The number of hydrogen-bond donors (Lipinski definition) is 3. The topological polar surface area (TPSA) is 87.7 Å². The first-order chi connectivity index (χ1) is 9.43. The minimum Gasteiger partial charge on any atom is -0.480 e. The second-order valence-electron chi connectivity index (χ2n) is 4.24. The lowest BCUT2D eigenvalue weighted by Gasteiger charge is -2.18. The van der Waals surface area contributed by atoms with Crippen LogP contribution in [0.25, 0.3) is 0 Å². The molecule has 1 rings (SSSR count). The summed E-state index contributed by atoms with van der Waals surface area (Å²) in [5.41, 5.74) is 0.825. The molecule has 0 spiro atoms. The van der Waals surface area contributed by atoms with Crippen molar-refractivity contribution in [3.05, 3.63) is 34.9 Å². The monoisotopic (exact) mass is 300 g/mol. The van der Waals surface area contributed by atoms with Gasteiger partial charge in [-0.3, -0.25) is 0 Å². The van der Waals surface area contributed by atoms with Crippen molar-refractivity contribution in [2.24, 2.45) is 0 Å². The van der Waals surface area contributed by atoms with Gasteiger partial charge in [0.2, 0.25) is 0 Å². The van der Waals surface area contributed by atoms with Gasteiger partial charge in [-0.1, -0.05) is 23.7 Å². The van der Waals surface area contributed by atoms with E-state index >= 15 is 0 Å². The molecular formula is C13H17ClN2O4. The van der Waals surface area contributed by atoms with Crippen molar-refractivity contribution in [3.63, 3.8) is 0 Å². The van der Waals surface area contributed by atoms with Gasteiger partial charge in [0.15, 0.2) is 6.04 Å². The van der Waals surface area contributed by atoms with Gasteiger partial charge in [0, 0.05) is 12.1 Å². The highest BCUT2D eigenvalue weighted by Gasteiger charge is 2.20. The van der Waals surface area contributed by atoms with Gasteiger partial charge in [0.25, 0.3) is 0 Å². The Kier molecular flexibility index (Phi) is 6.27. The third-order valence-electron chi connectivity index (χ3n) is 2.63. The Morgan fingerprint density at radius 2 is 2.10 bits per heavy atom. The molecule has 110 valence electrons. The van der Waals surface area contributed by atoms with Crippen LogP contribution in [0.4, 0.5) is 4.79 Å². The summed E-state index contributed by atoms with van der Waals surface area (Å²) in [6.07, 6.45) is 0. The Morgan fingerprint density at radius 1 is 1.40 bits per heavy atom. The lowest BCUT2D eigenvalue weighted by molar-refractivity contribution is -0.140. The maximum absolute atomic E-state index is 11.7. The van der Waals surface area contributed by atoms with Crippen LogP contribution in [0.15, 0.2) is 24.3 Å². The third kappa shape index (κ3) is 5.07. The van der Waals surface area contributed by atoms with Crippen LogP contribution in [0.5, 0.6) is 0 Å². The molecule has 0 saturated heterocycles. The molecule has 1 aromatic carbocycles. The van der Waals surface area contributed by atoms with E-state index in [2.05, 4.69) is 10.6 Å². The van der Waals surface area contributed by atoms with E-state index < -0.39 is 18.0 Å². The fourth-order valence-corrected chi connectivity index (χ4v) is 1.80. The van der Waals surface area contributed by atoms with Crippen LogP contribution in [-0.4, -0.2) is 36.9 Å². The van der Waals surface area contributed by atoms with Crippen molar-refractivity contribution in [1.29, 1.82) is 0 Å². The van der Waals surface area contributed by atoms with Crippen molar-refractivity contribution in [1.82, 2.24) is 10.6 Å². The number of carbonyl (C=O) groups excluding carboxylic acids is 1. The van der Waals surface area contributed by atoms with Crippen molar-refractivity contribution < 1.29 is 19.4 Å². The fourth-order valence-electron chi connectivity index (χ4n) is 1.60. The zero-order valence-corrected chi connectivity index (χ0v) is 12.0. The number of rotatable bonds is 6. The molecule has 0 fully saturated rings. The molecule has 0 aliphatic heterocycles. The van der Waals surface area contributed by atoms with E-state index in [1.54, 1.807) is 25.1 Å². The van der Waals surface area contributed by atoms with Gasteiger partial charge in [0.1, 0.15) is 0 Å². The van der Waals surface area contributed by atoms with E-state index in [4.69, 9.17) is 21.4 Å². The summed E-state index contributed by atoms with van der Waals surface area (Å²) in [6, 6.07) is 5.09. The van der Waals surface area contributed by atoms with Crippen LogP contribution in [0.2, 0.25) is 5.02 Å². The Hall–Kier alpha value is -1.79. The minimum absolute atomic E-state index is 0.103. The van der Waals surface area contributed by atoms with Crippen LogP contribution < -0.4 is 10.6 Å². The number of hydrogen-bond acceptors (Lipinski definition) is 3. The van der Waals surface area contributed by atoms with Crippen molar-refractivity contribution in [2.45, 2.75) is 19.0 Å². The zero-order valence-electron chi connectivity index (χ0n) is 11.2. The predicted molar refractivity (Wildman–Crippen MR) is 74.8 cm³/mol. The molecule has 20 heavy (non-hydrogen) atoms. The molecule has 2 atom stereocenters. The SMILES string of the molecule is COCC(NC(=O)NC(C)c1cccc(Cl)c1)C(=O)O. The van der Waals surface area contributed by atoms with Gasteiger partial charge in [-0.2, -0.15) is 0 Å². The highest BCUT2D eigenvalue weighted by Crippen LogP contribution is 2.17. The second-order valence-corrected chi connectivity index (χ2v) is 4.68. The summed E-state index contributed by atoms with van der Waals surface area (Å²) in [6.45, 7) is 1.67. The van der Waals surface area contributed by atoms with Gasteiger partial charge >= 0.3 is 12.0 Å². The summed E-state index contributed by atoms with van der Waals surface area (Å²) in [5, 5.41) is 14.4. The van der Waals surface area contributed by atoms with Crippen LogP contribution >= 0.6 is 11.6 Å². The first kappa shape index (κ1) is 16.3. The zero-order chi connectivity index (χ0) is 15.1. The molecule has 3 N–H and O–H groups in total. The number of carboxylic acids is 1. The minimum atomic E-state index is -1.16. The average Bonchev–Trinajstić information content (AvgIpc) is 2.38. The molecule has 7 heteroatoms. The number of methoxy groups -OCH3 is 1. The number of amides is 2. The summed E-state index contributed by atoms with van der Waals surface area (Å²) in [7, 11) is 1.37. The smallest absolute Gasteiger partial charge is 0.328 e. The van der Waals surface area contributed by atoms with E-state index in [1.165, 1.54) is 7.11 Å². The third-order valence-corrected chi connectivity index (χ3v) is 2.87. The van der Waals surface area contributed by atoms with Crippen LogP contribution in [0.1, 0.15) is 18.5 Å². The van der Waals surface area contributed by atoms with Crippen LogP contribution in [0.3, 0.4) is 0 Å². The summed E-state index contributed by atoms with van der Waals surface area (Å²) in [5.74, 6) is -1.16. The molecule has 2 unspecified atom stereocenters. The Labute approximate surface area is 122 Å². The molecule has 1 aromatic rings. The molecular weight excluding hydrogens is 284 g/mol. The number of halogens is 1. The first-order valence-electron chi connectivity index (χ1n) is 5.98. The average molecular weight is 301 g/mol. The standard InChI is InChI=1S/C13H17ClN2O4/c1-8(9-4-3-5-10(14)6-9)15-13(19)16-11(7-20-2)12(17)18/h3-6,8,11H,7H2,1-2H3,(H,17,18)(H2,15,16,19). The first-order valence-corrected chi connectivity index (χ1v) is 6.36. The normalized spacial score (nSPS) is 13.3. The number of benzene rings is 1. The van der Waals surface area contributed by atoms with Crippen molar-refractivity contribution in [3.8, 4) is 0 Å². The largest absolute Gasteiger partial charge is 0.480 e. The molecule has 0 aliphatic rings. The van der Waals surface area contributed by atoms with E-state index in [-0.39, 0.29) is 12.6 Å². The molecule has 6 nitrogen and oxygen atoms in total. The number of urea groups is 1. The highest BCUT2D eigenvalue weighted by atomic mass is 35.5. The highest BCUT2D eigenvalue weighted by molar-refractivity contribution is 6.30. The number of carbonyl (C=O) groups is 2. The summed E-state index contributed by atoms with van der Waals surface area (Å²) < 4.78 is 4.73. The van der Waals surface area contributed by atoms with E-state index in [0.717, 1.165) is 5.56 Å². The lowest BCUT2D eigenvalue weighted by atomic mass is 10.1. The van der Waals surface area contributed by atoms with Gasteiger partial charge in [-0.25, -0.2) is 9.59 Å². The van der Waals surface area contributed by atoms with E-state index in [1.807, 2.05) is 6.07 Å². The molecule has 2 amide bonds. The Morgan fingerprint density at radius 3 is 2.65 bits per heavy atom. The Bertz CT molecular complexity index is 481. The molecule has 0 heterocycles. The lowest BCUT2D eigenvalue weighted by Crippen LogP contribution is -2.48. The van der Waals surface area contributed by atoms with Gasteiger partial charge in [-0.05, 0) is 24.6 Å². The van der Waals surface area contributed by atoms with Gasteiger partial charge in [0.05, 0.1) is 12.6 Å². The quantitative estimate of drug-likeness (QED) is 0.747. The molecule has 0 radical (unpaired) electrons. The van der Waals surface area contributed by atoms with Crippen LogP contribution in [-0.2, 0) is 9.53 Å². The van der Waals surface area contributed by atoms with Crippen molar-refractivity contribution in [2.75, 3.05) is 13.7 Å². The maximum Gasteiger partial charge on any atom is 0.328 e. The van der Waals surface area contributed by atoms with Gasteiger partial charge in [-0.15, -0.1) is 0 Å². The number of ether oxygens (including phenoxy) is 1. The second kappa shape index (κ2) is 7.72. The summed E-state index contributed by atoms with van der Waals surface area (Å²) in [4.78, 5) is 22.6. The van der Waals surface area contributed by atoms with Crippen molar-refractivity contribution >= 4 is 23.6 Å². The number of aliphatic carboxylic acids is 1. The van der Waals surface area contributed by atoms with Gasteiger partial charge < -0.3 is 20.5 Å². The molecule has 0 bridgehead atoms. The number of carboxylic acid groups (broad SMARTS) is 1. The molecule has 0 saturated carbocycles. The molecule has 0 aliphatic carbocycles. The van der Waals surface area contributed by atoms with E-state index in [0.29, 0.717) is 5.02 Å². The fraction of sp³-hybridized carbons (Fsp3) is 0.385. The van der Waals surface area contributed by atoms with E-state index in [9.17, 15) is 9.59 Å². The maximum atomic E-state index is 11.7.